The van der Waals surface area contributed by atoms with Crippen molar-refractivity contribution in [3.05, 3.63) is 39.8 Å². The Morgan fingerprint density at radius 3 is 2.70 bits per heavy atom. The Balaban J connectivity index is 2.14. The van der Waals surface area contributed by atoms with E-state index < -0.39 is 6.10 Å². The van der Waals surface area contributed by atoms with Gasteiger partial charge in [-0.1, -0.05) is 0 Å². The van der Waals surface area contributed by atoms with Gasteiger partial charge in [-0.25, -0.2) is 4.98 Å². The topological polar surface area (TPSA) is 71.9 Å². The van der Waals surface area contributed by atoms with Gasteiger partial charge in [-0.3, -0.25) is 4.79 Å². The lowest BCUT2D eigenvalue weighted by molar-refractivity contribution is 0.0788. The molecule has 0 aliphatic rings. The van der Waals surface area contributed by atoms with E-state index in [2.05, 4.69) is 4.98 Å². The Kier molecular flexibility index (Phi) is 5.57. The number of carbonyl (C=O) groups excluding carboxylic acids is 1. The van der Waals surface area contributed by atoms with E-state index in [1.165, 1.54) is 17.5 Å². The highest BCUT2D eigenvalue weighted by Gasteiger charge is 2.18. The van der Waals surface area contributed by atoms with Crippen molar-refractivity contribution in [3.8, 4) is 11.5 Å². The number of aromatic nitrogens is 1. The van der Waals surface area contributed by atoms with Gasteiger partial charge in [0.1, 0.15) is 27.5 Å². The number of methoxy groups -OCH3 is 2. The predicted octanol–water partition coefficient (Wildman–Crippen LogP) is 2.49. The molecule has 1 aromatic heterocycles. The van der Waals surface area contributed by atoms with Crippen molar-refractivity contribution >= 4 is 17.2 Å². The summed E-state index contributed by atoms with van der Waals surface area (Å²) in [5.41, 5.74) is 0.879. The van der Waals surface area contributed by atoms with Crippen LogP contribution in [0.4, 0.5) is 0 Å². The Morgan fingerprint density at radius 1 is 1.39 bits per heavy atom. The van der Waals surface area contributed by atoms with E-state index in [4.69, 9.17) is 9.47 Å². The molecular weight excluding hydrogens is 316 g/mol. The quantitative estimate of drug-likeness (QED) is 0.877. The summed E-state index contributed by atoms with van der Waals surface area (Å²) in [6.07, 6.45) is 0.824. The van der Waals surface area contributed by atoms with Crippen LogP contribution in [-0.2, 0) is 6.54 Å². The van der Waals surface area contributed by atoms with E-state index in [-0.39, 0.29) is 5.91 Å². The van der Waals surface area contributed by atoms with Crippen molar-refractivity contribution in [1.82, 2.24) is 9.88 Å². The van der Waals surface area contributed by atoms with Crippen LogP contribution in [0.1, 0.15) is 33.3 Å². The first kappa shape index (κ1) is 17.2. The third-order valence-corrected chi connectivity index (χ3v) is 4.50. The molecule has 0 saturated heterocycles. The first-order valence-electron chi connectivity index (χ1n) is 7.06. The minimum Gasteiger partial charge on any atom is -0.497 e. The number of rotatable bonds is 6. The minimum atomic E-state index is -0.673. The van der Waals surface area contributed by atoms with Crippen LogP contribution in [0, 0.1) is 0 Å². The van der Waals surface area contributed by atoms with E-state index in [0.717, 1.165) is 5.56 Å². The highest BCUT2D eigenvalue weighted by molar-refractivity contribution is 7.13. The summed E-state index contributed by atoms with van der Waals surface area (Å²) < 4.78 is 10.5. The largest absolute Gasteiger partial charge is 0.497 e. The molecule has 124 valence electrons. The highest BCUT2D eigenvalue weighted by atomic mass is 32.1. The van der Waals surface area contributed by atoms with Crippen molar-refractivity contribution in [2.24, 2.45) is 0 Å². The molecule has 1 heterocycles. The van der Waals surface area contributed by atoms with Gasteiger partial charge in [0.2, 0.25) is 0 Å². The molecule has 2 aromatic rings. The molecule has 0 saturated carbocycles. The number of amides is 1. The number of nitrogens with zero attached hydrogens (tertiary/aromatic N) is 2. The Morgan fingerprint density at radius 2 is 2.13 bits per heavy atom. The third-order valence-electron chi connectivity index (χ3n) is 3.34. The number of ether oxygens (including phenoxy) is 2. The molecule has 7 heteroatoms. The zero-order valence-electron chi connectivity index (χ0n) is 13.6. The lowest BCUT2D eigenvalue weighted by Gasteiger charge is -2.18. The molecule has 0 aliphatic heterocycles. The maximum Gasteiger partial charge on any atom is 0.265 e. The molecule has 1 aromatic carbocycles. The fourth-order valence-electron chi connectivity index (χ4n) is 2.08. The first-order valence-corrected chi connectivity index (χ1v) is 7.88. The zero-order valence-corrected chi connectivity index (χ0v) is 14.4. The lowest BCUT2D eigenvalue weighted by Crippen LogP contribution is -2.25. The first-order chi connectivity index (χ1) is 11.0. The van der Waals surface area contributed by atoms with Crippen molar-refractivity contribution in [1.29, 1.82) is 0 Å². The maximum absolute atomic E-state index is 12.5. The average molecular weight is 336 g/mol. The second-order valence-electron chi connectivity index (χ2n) is 5.08. The van der Waals surface area contributed by atoms with Gasteiger partial charge in [0.05, 0.1) is 20.4 Å². The standard InChI is InChI=1S/C16H20N2O4S/c1-10(19)15-17-8-14(23-15)16(20)18(2)9-11-5-6-12(21-3)7-13(11)22-4/h5-8,10,19H,9H2,1-4H3. The summed E-state index contributed by atoms with van der Waals surface area (Å²) in [5, 5.41) is 10.0. The minimum absolute atomic E-state index is 0.146. The van der Waals surface area contributed by atoms with Crippen LogP contribution in [0.25, 0.3) is 0 Å². The molecule has 0 bridgehead atoms. The van der Waals surface area contributed by atoms with Crippen LogP contribution in [-0.4, -0.2) is 42.2 Å². The zero-order chi connectivity index (χ0) is 17.0. The Hall–Kier alpha value is -2.12. The van der Waals surface area contributed by atoms with Gasteiger partial charge in [0.25, 0.3) is 5.91 Å². The molecule has 0 radical (unpaired) electrons. The van der Waals surface area contributed by atoms with Crippen LogP contribution in [0.15, 0.2) is 24.4 Å². The molecule has 0 fully saturated rings. The lowest BCUT2D eigenvalue weighted by atomic mass is 10.1. The van der Waals surface area contributed by atoms with Crippen LogP contribution in [0.5, 0.6) is 11.5 Å². The number of thiazole rings is 1. The Labute approximate surface area is 139 Å². The third kappa shape index (κ3) is 4.00. The summed E-state index contributed by atoms with van der Waals surface area (Å²) in [4.78, 5) is 18.6. The van der Waals surface area contributed by atoms with E-state index >= 15 is 0 Å². The van der Waals surface area contributed by atoms with Crippen LogP contribution >= 0.6 is 11.3 Å². The normalized spacial score (nSPS) is 11.9. The van der Waals surface area contributed by atoms with E-state index in [1.54, 1.807) is 39.2 Å². The number of aliphatic hydroxyl groups is 1. The second kappa shape index (κ2) is 7.43. The molecule has 1 atom stereocenters. The summed E-state index contributed by atoms with van der Waals surface area (Å²) in [7, 11) is 4.89. The van der Waals surface area contributed by atoms with E-state index in [1.807, 2.05) is 12.1 Å². The van der Waals surface area contributed by atoms with Gasteiger partial charge in [-0.05, 0) is 19.1 Å². The van der Waals surface area contributed by atoms with Gasteiger partial charge in [0, 0.05) is 25.2 Å². The smallest absolute Gasteiger partial charge is 0.265 e. The molecule has 0 aliphatic carbocycles. The van der Waals surface area contributed by atoms with Gasteiger partial charge in [0.15, 0.2) is 0 Å². The summed E-state index contributed by atoms with van der Waals surface area (Å²) in [6.45, 7) is 2.02. The maximum atomic E-state index is 12.5. The van der Waals surface area contributed by atoms with Crippen molar-refractivity contribution < 1.29 is 19.4 Å². The second-order valence-corrected chi connectivity index (χ2v) is 6.14. The number of hydrogen-bond acceptors (Lipinski definition) is 6. The summed E-state index contributed by atoms with van der Waals surface area (Å²) in [5.74, 6) is 1.22. The number of hydrogen-bond donors (Lipinski definition) is 1. The number of carbonyl (C=O) groups is 1. The molecule has 0 spiro atoms. The van der Waals surface area contributed by atoms with Crippen LogP contribution in [0.3, 0.4) is 0 Å². The summed E-state index contributed by atoms with van der Waals surface area (Å²) in [6, 6.07) is 5.48. The van der Waals surface area contributed by atoms with Crippen LogP contribution < -0.4 is 9.47 Å². The van der Waals surface area contributed by atoms with Gasteiger partial charge >= 0.3 is 0 Å². The molecular formula is C16H20N2O4S. The fourth-order valence-corrected chi connectivity index (χ4v) is 2.93. The number of aliphatic hydroxyl groups excluding tert-OH is 1. The molecule has 1 amide bonds. The average Bonchev–Trinajstić information content (AvgIpc) is 3.04. The Bertz CT molecular complexity index is 684. The van der Waals surface area contributed by atoms with E-state index in [9.17, 15) is 9.90 Å². The molecule has 1 N–H and O–H groups in total. The van der Waals surface area contributed by atoms with Gasteiger partial charge in [-0.2, -0.15) is 0 Å². The highest BCUT2D eigenvalue weighted by Crippen LogP contribution is 2.26. The van der Waals surface area contributed by atoms with Gasteiger partial charge < -0.3 is 19.5 Å². The molecule has 2 rings (SSSR count). The van der Waals surface area contributed by atoms with Gasteiger partial charge in [-0.15, -0.1) is 11.3 Å². The molecule has 6 nitrogen and oxygen atoms in total. The number of benzene rings is 1. The predicted molar refractivity (Wildman–Crippen MR) is 88.1 cm³/mol. The SMILES string of the molecule is COc1ccc(CN(C)C(=O)c2cnc(C(C)O)s2)c(OC)c1. The van der Waals surface area contributed by atoms with Crippen molar-refractivity contribution in [2.75, 3.05) is 21.3 Å². The van der Waals surface area contributed by atoms with Crippen molar-refractivity contribution in [2.45, 2.75) is 19.6 Å². The molecule has 23 heavy (non-hydrogen) atoms. The van der Waals surface area contributed by atoms with Crippen LogP contribution in [0.2, 0.25) is 0 Å². The monoisotopic (exact) mass is 336 g/mol. The summed E-state index contributed by atoms with van der Waals surface area (Å²) >= 11 is 1.20. The van der Waals surface area contributed by atoms with E-state index in [0.29, 0.717) is 27.9 Å². The fraction of sp³-hybridized carbons (Fsp3) is 0.375. The van der Waals surface area contributed by atoms with Crippen molar-refractivity contribution in [3.63, 3.8) is 0 Å². The molecule has 1 unspecified atom stereocenters.